The first-order chi connectivity index (χ1) is 15.7. The molecule has 2 heteroatoms. The van der Waals surface area contributed by atoms with Gasteiger partial charge in [0.2, 0.25) is 0 Å². The molecular weight excluding hydrogens is 395 g/mol. The van der Waals surface area contributed by atoms with E-state index in [4.69, 9.17) is 4.74 Å². The van der Waals surface area contributed by atoms with Crippen molar-refractivity contribution in [3.8, 4) is 5.75 Å². The van der Waals surface area contributed by atoms with Crippen LogP contribution in [0.4, 0.5) is 4.39 Å². The van der Waals surface area contributed by atoms with E-state index >= 15 is 0 Å². The average Bonchev–Trinajstić information content (AvgIpc) is 2.84. The van der Waals surface area contributed by atoms with E-state index in [1.54, 1.807) is 6.07 Å². The first-order valence-corrected chi connectivity index (χ1v) is 12.2. The summed E-state index contributed by atoms with van der Waals surface area (Å²) in [5.74, 6) is 1.72. The van der Waals surface area contributed by atoms with Crippen molar-refractivity contribution < 1.29 is 9.13 Å². The molecule has 0 amide bonds. The summed E-state index contributed by atoms with van der Waals surface area (Å²) < 4.78 is 20.3. The zero-order chi connectivity index (χ0) is 22.3. The van der Waals surface area contributed by atoms with E-state index in [0.717, 1.165) is 30.1 Å². The summed E-state index contributed by atoms with van der Waals surface area (Å²) in [7, 11) is 0. The van der Waals surface area contributed by atoms with Gasteiger partial charge in [0.05, 0.1) is 0 Å². The minimum Gasteiger partial charge on any atom is -0.486 e. The van der Waals surface area contributed by atoms with E-state index in [9.17, 15) is 4.39 Å². The first-order valence-electron chi connectivity index (χ1n) is 12.2. The Balaban J connectivity index is 1.37. The van der Waals surface area contributed by atoms with Gasteiger partial charge in [-0.2, -0.15) is 0 Å². The lowest BCUT2D eigenvalue weighted by Gasteiger charge is -2.28. The maximum Gasteiger partial charge on any atom is 0.172 e. The molecular formula is C30H35FO. The van der Waals surface area contributed by atoms with Crippen LogP contribution in [0.1, 0.15) is 68.6 Å². The molecule has 1 saturated carbocycles. The summed E-state index contributed by atoms with van der Waals surface area (Å²) in [6.45, 7) is 4.63. The third kappa shape index (κ3) is 5.41. The smallest absolute Gasteiger partial charge is 0.172 e. The van der Waals surface area contributed by atoms with Crippen LogP contribution in [0.5, 0.6) is 5.75 Å². The highest BCUT2D eigenvalue weighted by Crippen LogP contribution is 2.37. The predicted octanol–water partition coefficient (Wildman–Crippen LogP) is 8.40. The van der Waals surface area contributed by atoms with Crippen LogP contribution in [0.25, 0.3) is 10.8 Å². The van der Waals surface area contributed by atoms with Gasteiger partial charge in [-0.05, 0) is 85.4 Å². The van der Waals surface area contributed by atoms with Crippen LogP contribution in [-0.4, -0.2) is 6.61 Å². The number of hydrogen-bond acceptors (Lipinski definition) is 1. The Hall–Kier alpha value is -2.61. The van der Waals surface area contributed by atoms with E-state index in [0.29, 0.717) is 17.7 Å². The fraction of sp³-hybridized carbons (Fsp3) is 0.400. The van der Waals surface area contributed by atoms with Gasteiger partial charge in [0.1, 0.15) is 6.61 Å². The topological polar surface area (TPSA) is 9.23 Å². The third-order valence-corrected chi connectivity index (χ3v) is 7.13. The molecule has 4 rings (SSSR count). The molecule has 0 aliphatic heterocycles. The fourth-order valence-corrected chi connectivity index (χ4v) is 4.97. The standard InChI is InChI=1S/C30H35FO/c1-3-5-20-32-29-19-17-27-21-24(12-18-28(27)30(29)31)7-6-23-10-15-26(16-11-23)25-13-8-22(4-2)9-14-25/h3,5,10-12,15-19,21-22,25H,4,6-9,13-14,20H2,1-2H3. The monoisotopic (exact) mass is 430 g/mol. The Labute approximate surface area is 192 Å². The number of benzene rings is 3. The molecule has 0 bridgehead atoms. The number of halogens is 1. The number of fused-ring (bicyclic) bond motifs is 1. The van der Waals surface area contributed by atoms with Crippen LogP contribution >= 0.6 is 0 Å². The lowest BCUT2D eigenvalue weighted by molar-refractivity contribution is 0.319. The number of hydrogen-bond donors (Lipinski definition) is 0. The lowest BCUT2D eigenvalue weighted by Crippen LogP contribution is -2.12. The summed E-state index contributed by atoms with van der Waals surface area (Å²) in [4.78, 5) is 0. The summed E-state index contributed by atoms with van der Waals surface area (Å²) in [5, 5.41) is 1.55. The molecule has 0 radical (unpaired) electrons. The summed E-state index contributed by atoms with van der Waals surface area (Å²) >= 11 is 0. The van der Waals surface area contributed by atoms with Gasteiger partial charge in [-0.3, -0.25) is 0 Å². The molecule has 3 aromatic carbocycles. The molecule has 1 aliphatic carbocycles. The summed E-state index contributed by atoms with van der Waals surface area (Å²) in [5.41, 5.74) is 4.12. The van der Waals surface area contributed by atoms with Gasteiger partial charge in [-0.1, -0.05) is 74.0 Å². The second kappa shape index (κ2) is 10.8. The van der Waals surface area contributed by atoms with Crippen molar-refractivity contribution >= 4 is 10.8 Å². The summed E-state index contributed by atoms with van der Waals surface area (Å²) in [6.07, 6.45) is 12.5. The highest BCUT2D eigenvalue weighted by molar-refractivity contribution is 5.85. The van der Waals surface area contributed by atoms with Crippen LogP contribution < -0.4 is 4.74 Å². The minimum atomic E-state index is -0.276. The molecule has 0 atom stereocenters. The molecule has 1 fully saturated rings. The van der Waals surface area contributed by atoms with Gasteiger partial charge >= 0.3 is 0 Å². The van der Waals surface area contributed by atoms with Gasteiger partial charge in [0.25, 0.3) is 0 Å². The average molecular weight is 431 g/mol. The Morgan fingerprint density at radius 2 is 1.62 bits per heavy atom. The quantitative estimate of drug-likeness (QED) is 0.326. The third-order valence-electron chi connectivity index (χ3n) is 7.13. The SMILES string of the molecule is CC=CCOc1ccc2cc(CCc3ccc(C4CCC(CC)CC4)cc3)ccc2c1F. The highest BCUT2D eigenvalue weighted by Gasteiger charge is 2.21. The van der Waals surface area contributed by atoms with E-state index in [-0.39, 0.29) is 5.82 Å². The van der Waals surface area contributed by atoms with Crippen molar-refractivity contribution in [3.63, 3.8) is 0 Å². The second-order valence-corrected chi connectivity index (χ2v) is 9.18. The normalized spacial score (nSPS) is 19.0. The molecule has 0 saturated heterocycles. The van der Waals surface area contributed by atoms with E-state index in [1.807, 2.05) is 37.3 Å². The molecule has 0 aromatic heterocycles. The number of allylic oxidation sites excluding steroid dienone is 1. The minimum absolute atomic E-state index is 0.276. The molecule has 0 N–H and O–H groups in total. The van der Waals surface area contributed by atoms with Crippen LogP contribution in [0, 0.1) is 11.7 Å². The molecule has 0 unspecified atom stereocenters. The van der Waals surface area contributed by atoms with E-state index in [2.05, 4.69) is 37.3 Å². The second-order valence-electron chi connectivity index (χ2n) is 9.18. The maximum atomic E-state index is 14.8. The molecule has 0 spiro atoms. The van der Waals surface area contributed by atoms with Crippen LogP contribution in [0.2, 0.25) is 0 Å². The molecule has 0 heterocycles. The van der Waals surface area contributed by atoms with Crippen LogP contribution in [0.3, 0.4) is 0 Å². The highest BCUT2D eigenvalue weighted by atomic mass is 19.1. The van der Waals surface area contributed by atoms with Gasteiger partial charge in [0, 0.05) is 5.39 Å². The first kappa shape index (κ1) is 22.6. The molecule has 168 valence electrons. The number of rotatable bonds is 8. The molecule has 3 aromatic rings. The largest absolute Gasteiger partial charge is 0.486 e. The van der Waals surface area contributed by atoms with Gasteiger partial charge < -0.3 is 4.74 Å². The Morgan fingerprint density at radius 1 is 0.906 bits per heavy atom. The Kier molecular flexibility index (Phi) is 7.63. The van der Waals surface area contributed by atoms with Crippen molar-refractivity contribution in [1.82, 2.24) is 0 Å². The zero-order valence-corrected chi connectivity index (χ0v) is 19.4. The van der Waals surface area contributed by atoms with Crippen LogP contribution in [-0.2, 0) is 12.8 Å². The molecule has 32 heavy (non-hydrogen) atoms. The van der Waals surface area contributed by atoms with Crippen molar-refractivity contribution in [1.29, 1.82) is 0 Å². The maximum absolute atomic E-state index is 14.8. The lowest BCUT2D eigenvalue weighted by atomic mass is 9.78. The van der Waals surface area contributed by atoms with Gasteiger partial charge in [0.15, 0.2) is 11.6 Å². The Bertz CT molecular complexity index is 1040. The van der Waals surface area contributed by atoms with Crippen LogP contribution in [0.15, 0.2) is 66.7 Å². The van der Waals surface area contributed by atoms with E-state index < -0.39 is 0 Å². The zero-order valence-electron chi connectivity index (χ0n) is 19.4. The van der Waals surface area contributed by atoms with Crippen molar-refractivity contribution in [2.75, 3.05) is 6.61 Å². The summed E-state index contributed by atoms with van der Waals surface area (Å²) in [6, 6.07) is 19.0. The van der Waals surface area contributed by atoms with Crippen molar-refractivity contribution in [2.24, 2.45) is 5.92 Å². The fourth-order valence-electron chi connectivity index (χ4n) is 4.97. The Morgan fingerprint density at radius 3 is 2.34 bits per heavy atom. The van der Waals surface area contributed by atoms with Crippen molar-refractivity contribution in [3.05, 3.63) is 89.3 Å². The molecule has 1 nitrogen and oxygen atoms in total. The predicted molar refractivity (Wildman–Crippen MR) is 133 cm³/mol. The van der Waals surface area contributed by atoms with Crippen molar-refractivity contribution in [2.45, 2.75) is 64.7 Å². The molecule has 1 aliphatic rings. The van der Waals surface area contributed by atoms with E-state index in [1.165, 1.54) is 48.8 Å². The van der Waals surface area contributed by atoms with Gasteiger partial charge in [-0.15, -0.1) is 0 Å². The number of ether oxygens (including phenoxy) is 1. The number of aryl methyl sites for hydroxylation is 2. The van der Waals surface area contributed by atoms with Gasteiger partial charge in [-0.25, -0.2) is 4.39 Å².